The number of hydrogen-bond acceptors (Lipinski definition) is 6. The molecule has 3 rings (SSSR count). The highest BCUT2D eigenvalue weighted by atomic mass is 16.4. The SMILES string of the molecule is NCCCCC(N)C(=O)N(C(=O)C1CCC(=O)N1)C(Cc1c[nH]c2ccccc12)C(=O)O. The van der Waals surface area contributed by atoms with E-state index in [2.05, 4.69) is 10.3 Å². The van der Waals surface area contributed by atoms with Crippen molar-refractivity contribution in [3.05, 3.63) is 36.0 Å². The number of fused-ring (bicyclic) bond motifs is 1. The molecule has 1 aromatic heterocycles. The van der Waals surface area contributed by atoms with Crippen LogP contribution >= 0.6 is 0 Å². The number of carbonyl (C=O) groups excluding carboxylic acids is 3. The van der Waals surface area contributed by atoms with Gasteiger partial charge in [0.05, 0.1) is 6.04 Å². The Labute approximate surface area is 185 Å². The Morgan fingerprint density at radius 3 is 2.62 bits per heavy atom. The van der Waals surface area contributed by atoms with Gasteiger partial charge >= 0.3 is 5.97 Å². The lowest BCUT2D eigenvalue weighted by Crippen LogP contribution is -2.58. The number of carboxylic acid groups (broad SMARTS) is 1. The van der Waals surface area contributed by atoms with Gasteiger partial charge in [-0.25, -0.2) is 4.79 Å². The normalized spacial score (nSPS) is 17.7. The van der Waals surface area contributed by atoms with Gasteiger partial charge in [-0.05, 0) is 37.4 Å². The van der Waals surface area contributed by atoms with Crippen LogP contribution in [-0.2, 0) is 25.6 Å². The van der Waals surface area contributed by atoms with Crippen LogP contribution in [0.25, 0.3) is 10.9 Å². The second-order valence-corrected chi connectivity index (χ2v) is 8.01. The molecule has 1 saturated heterocycles. The number of amides is 3. The number of hydrogen-bond donors (Lipinski definition) is 5. The Morgan fingerprint density at radius 1 is 1.22 bits per heavy atom. The highest BCUT2D eigenvalue weighted by Crippen LogP contribution is 2.23. The predicted octanol–water partition coefficient (Wildman–Crippen LogP) is 0.254. The molecule has 1 aliphatic rings. The van der Waals surface area contributed by atoms with Crippen molar-refractivity contribution in [3.63, 3.8) is 0 Å². The first kappa shape index (κ1) is 23.4. The lowest BCUT2D eigenvalue weighted by molar-refractivity contribution is -0.159. The van der Waals surface area contributed by atoms with Crippen LogP contribution in [-0.4, -0.2) is 63.4 Å². The molecule has 2 aromatic rings. The lowest BCUT2D eigenvalue weighted by atomic mass is 10.0. The maximum absolute atomic E-state index is 13.2. The van der Waals surface area contributed by atoms with Crippen LogP contribution in [0.15, 0.2) is 30.5 Å². The predicted molar refractivity (Wildman–Crippen MR) is 117 cm³/mol. The summed E-state index contributed by atoms with van der Waals surface area (Å²) in [5, 5.41) is 13.3. The topological polar surface area (TPSA) is 172 Å². The number of nitrogens with two attached hydrogens (primary N) is 2. The van der Waals surface area contributed by atoms with Crippen LogP contribution in [0.4, 0.5) is 0 Å². The zero-order chi connectivity index (χ0) is 23.3. The monoisotopic (exact) mass is 443 g/mol. The number of unbranched alkanes of at least 4 members (excludes halogenated alkanes) is 1. The number of carboxylic acids is 1. The fourth-order valence-corrected chi connectivity index (χ4v) is 3.99. The smallest absolute Gasteiger partial charge is 0.327 e. The molecule has 1 fully saturated rings. The first-order valence-corrected chi connectivity index (χ1v) is 10.7. The first-order valence-electron chi connectivity index (χ1n) is 10.7. The van der Waals surface area contributed by atoms with Gasteiger partial charge in [0.15, 0.2) is 0 Å². The number of aromatic nitrogens is 1. The third-order valence-electron chi connectivity index (χ3n) is 5.74. The molecule has 3 amide bonds. The third-order valence-corrected chi connectivity index (χ3v) is 5.74. The van der Waals surface area contributed by atoms with Gasteiger partial charge in [0.1, 0.15) is 12.1 Å². The summed E-state index contributed by atoms with van der Waals surface area (Å²) in [6, 6.07) is 3.89. The number of imide groups is 1. The molecular weight excluding hydrogens is 414 g/mol. The quantitative estimate of drug-likeness (QED) is 0.327. The van der Waals surface area contributed by atoms with Gasteiger partial charge in [-0.3, -0.25) is 19.3 Å². The van der Waals surface area contributed by atoms with E-state index >= 15 is 0 Å². The number of aliphatic carboxylic acids is 1. The number of nitrogens with one attached hydrogen (secondary N) is 2. The van der Waals surface area contributed by atoms with Crippen LogP contribution in [0.2, 0.25) is 0 Å². The minimum absolute atomic E-state index is 0.0903. The summed E-state index contributed by atoms with van der Waals surface area (Å²) >= 11 is 0. The summed E-state index contributed by atoms with van der Waals surface area (Å²) in [5.74, 6) is -3.15. The van der Waals surface area contributed by atoms with Crippen molar-refractivity contribution in [2.24, 2.45) is 11.5 Å². The standard InChI is InChI=1S/C22H29N5O5/c23-10-4-3-6-15(24)20(29)27(21(30)17-8-9-19(28)26-17)18(22(31)32)11-13-12-25-16-7-2-1-5-14(13)16/h1-2,5,7,12,15,17-18,25H,3-4,6,8-11,23-24H2,(H,26,28)(H,31,32). The number of H-pyrrole nitrogens is 1. The van der Waals surface area contributed by atoms with Crippen LogP contribution < -0.4 is 16.8 Å². The highest BCUT2D eigenvalue weighted by molar-refractivity contribution is 6.05. The fourth-order valence-electron chi connectivity index (χ4n) is 3.99. The Hall–Kier alpha value is -3.24. The number of carbonyl (C=O) groups is 4. The zero-order valence-corrected chi connectivity index (χ0v) is 17.8. The molecule has 32 heavy (non-hydrogen) atoms. The van der Waals surface area contributed by atoms with E-state index in [4.69, 9.17) is 11.5 Å². The molecule has 3 unspecified atom stereocenters. The van der Waals surface area contributed by atoms with Gasteiger partial charge in [0.2, 0.25) is 11.8 Å². The number of aromatic amines is 1. The van der Waals surface area contributed by atoms with Crippen molar-refractivity contribution >= 4 is 34.6 Å². The average molecular weight is 444 g/mol. The maximum Gasteiger partial charge on any atom is 0.327 e. The van der Waals surface area contributed by atoms with Crippen molar-refractivity contribution in [1.82, 2.24) is 15.2 Å². The third kappa shape index (κ3) is 5.14. The highest BCUT2D eigenvalue weighted by Gasteiger charge is 2.42. The molecule has 10 heteroatoms. The number of benzene rings is 1. The second kappa shape index (κ2) is 10.4. The Balaban J connectivity index is 1.92. The van der Waals surface area contributed by atoms with E-state index in [1.165, 1.54) is 0 Å². The molecule has 1 aromatic carbocycles. The number of rotatable bonds is 10. The van der Waals surface area contributed by atoms with E-state index < -0.39 is 35.9 Å². The zero-order valence-electron chi connectivity index (χ0n) is 17.8. The molecule has 2 heterocycles. The minimum Gasteiger partial charge on any atom is -0.480 e. The van der Waals surface area contributed by atoms with Crippen LogP contribution in [0.5, 0.6) is 0 Å². The average Bonchev–Trinajstić information content (AvgIpc) is 3.39. The van der Waals surface area contributed by atoms with E-state index in [0.29, 0.717) is 24.9 Å². The summed E-state index contributed by atoms with van der Waals surface area (Å²) in [6.07, 6.45) is 3.43. The van der Waals surface area contributed by atoms with Crippen molar-refractivity contribution in [2.45, 2.75) is 56.7 Å². The van der Waals surface area contributed by atoms with Gasteiger partial charge in [-0.1, -0.05) is 24.6 Å². The van der Waals surface area contributed by atoms with Gasteiger partial charge in [-0.15, -0.1) is 0 Å². The van der Waals surface area contributed by atoms with Crippen molar-refractivity contribution in [2.75, 3.05) is 6.54 Å². The molecule has 0 saturated carbocycles. The number of nitrogens with zero attached hydrogens (tertiary/aromatic N) is 1. The van der Waals surface area contributed by atoms with E-state index in [0.717, 1.165) is 15.8 Å². The molecule has 0 radical (unpaired) electrons. The molecule has 0 bridgehead atoms. The first-order chi connectivity index (χ1) is 15.3. The fraction of sp³-hybridized carbons (Fsp3) is 0.455. The Bertz CT molecular complexity index is 1000. The van der Waals surface area contributed by atoms with Crippen molar-refractivity contribution < 1.29 is 24.3 Å². The van der Waals surface area contributed by atoms with Gasteiger partial charge in [0.25, 0.3) is 5.91 Å². The Morgan fingerprint density at radius 2 is 1.97 bits per heavy atom. The molecule has 7 N–H and O–H groups in total. The molecule has 3 atom stereocenters. The summed E-state index contributed by atoms with van der Waals surface area (Å²) in [5.41, 5.74) is 13.0. The van der Waals surface area contributed by atoms with Crippen LogP contribution in [0.3, 0.4) is 0 Å². The molecule has 1 aliphatic heterocycles. The molecular formula is C22H29N5O5. The molecule has 10 nitrogen and oxygen atoms in total. The summed E-state index contributed by atoms with van der Waals surface area (Å²) in [7, 11) is 0. The van der Waals surface area contributed by atoms with E-state index in [1.807, 2.05) is 24.3 Å². The minimum atomic E-state index is -1.47. The van der Waals surface area contributed by atoms with Crippen LogP contribution in [0, 0.1) is 0 Å². The molecule has 0 spiro atoms. The Kier molecular flexibility index (Phi) is 7.60. The number of para-hydroxylation sites is 1. The summed E-state index contributed by atoms with van der Waals surface area (Å²) in [4.78, 5) is 54.2. The van der Waals surface area contributed by atoms with Crippen molar-refractivity contribution in [1.29, 1.82) is 0 Å². The second-order valence-electron chi connectivity index (χ2n) is 8.01. The van der Waals surface area contributed by atoms with E-state index in [-0.39, 0.29) is 31.6 Å². The van der Waals surface area contributed by atoms with Gasteiger partial charge in [0, 0.05) is 29.9 Å². The summed E-state index contributed by atoms with van der Waals surface area (Å²) in [6.45, 7) is 0.440. The van der Waals surface area contributed by atoms with E-state index in [9.17, 15) is 24.3 Å². The van der Waals surface area contributed by atoms with E-state index in [1.54, 1.807) is 6.20 Å². The summed E-state index contributed by atoms with van der Waals surface area (Å²) < 4.78 is 0. The van der Waals surface area contributed by atoms with Crippen LogP contribution in [0.1, 0.15) is 37.7 Å². The van der Waals surface area contributed by atoms with Gasteiger partial charge in [-0.2, -0.15) is 0 Å². The van der Waals surface area contributed by atoms with Crippen molar-refractivity contribution in [3.8, 4) is 0 Å². The largest absolute Gasteiger partial charge is 0.480 e. The van der Waals surface area contributed by atoms with Gasteiger partial charge < -0.3 is 26.9 Å². The lowest BCUT2D eigenvalue weighted by Gasteiger charge is -2.31. The molecule has 0 aliphatic carbocycles. The molecule has 172 valence electrons. The maximum atomic E-state index is 13.2.